The van der Waals surface area contributed by atoms with E-state index in [2.05, 4.69) is 5.32 Å². The summed E-state index contributed by atoms with van der Waals surface area (Å²) in [5, 5.41) is 11.3. The molecule has 102 valence electrons. The van der Waals surface area contributed by atoms with Crippen LogP contribution in [0.2, 0.25) is 0 Å². The van der Waals surface area contributed by atoms with Crippen molar-refractivity contribution in [2.75, 3.05) is 0 Å². The predicted molar refractivity (Wildman–Crippen MR) is 62.4 cm³/mol. The SMILES string of the molecule is O=C(Cc1ccc(F)cc1F)NC(C(=O)O)C1CC1. The Morgan fingerprint density at radius 3 is 2.58 bits per heavy atom. The molecule has 1 aliphatic rings. The summed E-state index contributed by atoms with van der Waals surface area (Å²) < 4.78 is 26.0. The lowest BCUT2D eigenvalue weighted by Crippen LogP contribution is -2.43. The second kappa shape index (κ2) is 5.34. The van der Waals surface area contributed by atoms with Gasteiger partial charge in [-0.25, -0.2) is 13.6 Å². The summed E-state index contributed by atoms with van der Waals surface area (Å²) in [5.41, 5.74) is 0.0406. The van der Waals surface area contributed by atoms with Crippen LogP contribution in [-0.4, -0.2) is 23.0 Å². The number of carbonyl (C=O) groups is 2. The third-order valence-electron chi connectivity index (χ3n) is 3.04. The van der Waals surface area contributed by atoms with Gasteiger partial charge in [-0.05, 0) is 30.4 Å². The van der Waals surface area contributed by atoms with E-state index >= 15 is 0 Å². The number of carboxylic acid groups (broad SMARTS) is 1. The Kier molecular flexibility index (Phi) is 3.78. The van der Waals surface area contributed by atoms with Crippen LogP contribution in [0.1, 0.15) is 18.4 Å². The van der Waals surface area contributed by atoms with Gasteiger partial charge in [0, 0.05) is 6.07 Å². The van der Waals surface area contributed by atoms with Gasteiger partial charge in [0.1, 0.15) is 17.7 Å². The zero-order chi connectivity index (χ0) is 14.0. The van der Waals surface area contributed by atoms with Gasteiger partial charge in [0.15, 0.2) is 0 Å². The molecule has 0 spiro atoms. The summed E-state index contributed by atoms with van der Waals surface area (Å²) in [6, 6.07) is 2.01. The summed E-state index contributed by atoms with van der Waals surface area (Å²) in [6.07, 6.45) is 1.23. The zero-order valence-electron chi connectivity index (χ0n) is 10.0. The van der Waals surface area contributed by atoms with Crippen LogP contribution >= 0.6 is 0 Å². The van der Waals surface area contributed by atoms with Crippen molar-refractivity contribution in [3.8, 4) is 0 Å². The number of carbonyl (C=O) groups excluding carboxylic acids is 1. The maximum absolute atomic E-state index is 13.3. The number of hydrogen-bond donors (Lipinski definition) is 2. The highest BCUT2D eigenvalue weighted by Gasteiger charge is 2.37. The largest absolute Gasteiger partial charge is 0.480 e. The van der Waals surface area contributed by atoms with Crippen molar-refractivity contribution in [1.82, 2.24) is 5.32 Å². The van der Waals surface area contributed by atoms with Crippen molar-refractivity contribution in [2.24, 2.45) is 5.92 Å². The van der Waals surface area contributed by atoms with Gasteiger partial charge in [0.25, 0.3) is 0 Å². The molecule has 1 aromatic rings. The van der Waals surface area contributed by atoms with Crippen LogP contribution < -0.4 is 5.32 Å². The topological polar surface area (TPSA) is 66.4 Å². The maximum Gasteiger partial charge on any atom is 0.326 e. The van der Waals surface area contributed by atoms with Crippen molar-refractivity contribution in [3.63, 3.8) is 0 Å². The molecule has 0 radical (unpaired) electrons. The van der Waals surface area contributed by atoms with Crippen molar-refractivity contribution in [2.45, 2.75) is 25.3 Å². The Hall–Kier alpha value is -1.98. The first-order valence-corrected chi connectivity index (χ1v) is 5.93. The normalized spacial score (nSPS) is 15.9. The Morgan fingerprint density at radius 2 is 2.05 bits per heavy atom. The van der Waals surface area contributed by atoms with E-state index in [4.69, 9.17) is 5.11 Å². The molecule has 0 bridgehead atoms. The van der Waals surface area contributed by atoms with E-state index in [0.29, 0.717) is 6.07 Å². The monoisotopic (exact) mass is 269 g/mol. The lowest BCUT2D eigenvalue weighted by atomic mass is 10.1. The summed E-state index contributed by atoms with van der Waals surface area (Å²) >= 11 is 0. The van der Waals surface area contributed by atoms with Gasteiger partial charge in [-0.3, -0.25) is 4.79 Å². The van der Waals surface area contributed by atoms with E-state index in [1.54, 1.807) is 0 Å². The van der Waals surface area contributed by atoms with Crippen LogP contribution in [-0.2, 0) is 16.0 Å². The van der Waals surface area contributed by atoms with E-state index in [-0.39, 0.29) is 17.9 Å². The van der Waals surface area contributed by atoms with Gasteiger partial charge in [0.05, 0.1) is 6.42 Å². The second-order valence-electron chi connectivity index (χ2n) is 4.63. The number of rotatable bonds is 5. The zero-order valence-corrected chi connectivity index (χ0v) is 10.0. The Morgan fingerprint density at radius 1 is 1.37 bits per heavy atom. The fourth-order valence-corrected chi connectivity index (χ4v) is 1.87. The first-order chi connectivity index (χ1) is 8.97. The highest BCUT2D eigenvalue weighted by molar-refractivity contribution is 5.85. The molecule has 6 heteroatoms. The molecular formula is C13H13F2NO3. The molecule has 1 unspecified atom stereocenters. The number of nitrogens with one attached hydrogen (secondary N) is 1. The third kappa shape index (κ3) is 3.49. The molecule has 1 atom stereocenters. The van der Waals surface area contributed by atoms with Gasteiger partial charge in [-0.2, -0.15) is 0 Å². The number of aliphatic carboxylic acids is 1. The quantitative estimate of drug-likeness (QED) is 0.851. The molecule has 4 nitrogen and oxygen atoms in total. The second-order valence-corrected chi connectivity index (χ2v) is 4.63. The molecule has 1 aliphatic carbocycles. The van der Waals surface area contributed by atoms with Crippen LogP contribution in [0, 0.1) is 17.6 Å². The van der Waals surface area contributed by atoms with Gasteiger partial charge in [-0.15, -0.1) is 0 Å². The molecule has 0 saturated heterocycles. The summed E-state index contributed by atoms with van der Waals surface area (Å²) in [6.45, 7) is 0. The Balaban J connectivity index is 1.98. The van der Waals surface area contributed by atoms with Crippen molar-refractivity contribution in [1.29, 1.82) is 0 Å². The van der Waals surface area contributed by atoms with Gasteiger partial charge in [-0.1, -0.05) is 6.07 Å². The van der Waals surface area contributed by atoms with Crippen LogP contribution in [0.5, 0.6) is 0 Å². The lowest BCUT2D eigenvalue weighted by molar-refractivity contribution is -0.142. The van der Waals surface area contributed by atoms with Crippen LogP contribution in [0.15, 0.2) is 18.2 Å². The number of carboxylic acids is 1. The van der Waals surface area contributed by atoms with Crippen molar-refractivity contribution >= 4 is 11.9 Å². The molecule has 1 fully saturated rings. The molecule has 0 aromatic heterocycles. The highest BCUT2D eigenvalue weighted by Crippen LogP contribution is 2.32. The molecule has 2 rings (SSSR count). The average Bonchev–Trinajstić information content (AvgIpc) is 3.13. The molecular weight excluding hydrogens is 256 g/mol. The maximum atomic E-state index is 13.3. The molecule has 0 aliphatic heterocycles. The van der Waals surface area contributed by atoms with E-state index in [0.717, 1.165) is 18.9 Å². The molecule has 1 saturated carbocycles. The minimum atomic E-state index is -1.09. The van der Waals surface area contributed by atoms with E-state index < -0.39 is 29.6 Å². The Labute approximate surface area is 108 Å². The van der Waals surface area contributed by atoms with E-state index in [9.17, 15) is 18.4 Å². The molecule has 19 heavy (non-hydrogen) atoms. The molecule has 2 N–H and O–H groups in total. The number of halogens is 2. The van der Waals surface area contributed by atoms with Gasteiger partial charge >= 0.3 is 5.97 Å². The van der Waals surface area contributed by atoms with Gasteiger partial charge in [0.2, 0.25) is 5.91 Å². The minimum absolute atomic E-state index is 0.0406. The number of benzene rings is 1. The summed E-state index contributed by atoms with van der Waals surface area (Å²) in [5.74, 6) is -3.24. The highest BCUT2D eigenvalue weighted by atomic mass is 19.1. The number of hydrogen-bond acceptors (Lipinski definition) is 2. The standard InChI is InChI=1S/C13H13F2NO3/c14-9-4-3-8(10(15)6-9)5-11(17)16-12(13(18)19)7-1-2-7/h3-4,6-7,12H,1-2,5H2,(H,16,17)(H,18,19). The molecule has 1 aromatic carbocycles. The first-order valence-electron chi connectivity index (χ1n) is 5.93. The average molecular weight is 269 g/mol. The van der Waals surface area contributed by atoms with Crippen LogP contribution in [0.4, 0.5) is 8.78 Å². The van der Waals surface area contributed by atoms with E-state index in [1.807, 2.05) is 0 Å². The smallest absolute Gasteiger partial charge is 0.326 e. The fourth-order valence-electron chi connectivity index (χ4n) is 1.87. The Bertz CT molecular complexity index is 515. The van der Waals surface area contributed by atoms with Crippen molar-refractivity contribution < 1.29 is 23.5 Å². The summed E-state index contributed by atoms with van der Waals surface area (Å²) in [4.78, 5) is 22.6. The molecule has 1 amide bonds. The lowest BCUT2D eigenvalue weighted by Gasteiger charge is -2.13. The fraction of sp³-hybridized carbons (Fsp3) is 0.385. The first kappa shape index (κ1) is 13.5. The van der Waals surface area contributed by atoms with Crippen LogP contribution in [0.3, 0.4) is 0 Å². The minimum Gasteiger partial charge on any atom is -0.480 e. The third-order valence-corrected chi connectivity index (χ3v) is 3.04. The van der Waals surface area contributed by atoms with E-state index in [1.165, 1.54) is 6.07 Å². The van der Waals surface area contributed by atoms with Crippen LogP contribution in [0.25, 0.3) is 0 Å². The van der Waals surface area contributed by atoms with Crippen molar-refractivity contribution in [3.05, 3.63) is 35.4 Å². The number of amides is 1. The van der Waals surface area contributed by atoms with Gasteiger partial charge < -0.3 is 10.4 Å². The summed E-state index contributed by atoms with van der Waals surface area (Å²) in [7, 11) is 0. The predicted octanol–water partition coefficient (Wildman–Crippen LogP) is 1.49. The molecule has 0 heterocycles.